The first-order valence-electron chi connectivity index (χ1n) is 9.14. The van der Waals surface area contributed by atoms with Crippen LogP contribution in [0.2, 0.25) is 0 Å². The van der Waals surface area contributed by atoms with Gasteiger partial charge in [0, 0.05) is 46.1 Å². The first kappa shape index (κ1) is 23.5. The summed E-state index contributed by atoms with van der Waals surface area (Å²) in [6.45, 7) is 13.9. The third-order valence-electron chi connectivity index (χ3n) is 4.84. The minimum atomic E-state index is -3.66. The molecular weight excluding hydrogens is 515 g/mol. The normalized spacial score (nSPS) is 15.7. The van der Waals surface area contributed by atoms with E-state index in [0.717, 1.165) is 31.5 Å². The molecule has 1 amide bonds. The average molecular weight is 543 g/mol. The Morgan fingerprint density at radius 3 is 2.07 bits per heavy atom. The molecule has 1 aromatic carbocycles. The quantitative estimate of drug-likeness (QED) is 0.420. The van der Waals surface area contributed by atoms with Crippen molar-refractivity contribution in [3.8, 4) is 0 Å². The van der Waals surface area contributed by atoms with Crippen LogP contribution in [0.4, 0.5) is 10.5 Å². The molecule has 0 saturated carbocycles. The lowest BCUT2D eigenvalue weighted by atomic mass is 9.97. The summed E-state index contributed by atoms with van der Waals surface area (Å²) in [5.41, 5.74) is 4.29. The molecule has 0 spiro atoms. The number of amides is 1. The van der Waals surface area contributed by atoms with Crippen LogP contribution in [0.3, 0.4) is 0 Å². The van der Waals surface area contributed by atoms with Gasteiger partial charge in [0.25, 0.3) is 0 Å². The molecule has 0 radical (unpaired) electrons. The highest BCUT2D eigenvalue weighted by molar-refractivity contribution is 14.1. The van der Waals surface area contributed by atoms with Crippen molar-refractivity contribution in [2.75, 3.05) is 31.1 Å². The van der Waals surface area contributed by atoms with Crippen molar-refractivity contribution in [1.82, 2.24) is 4.90 Å². The van der Waals surface area contributed by atoms with Crippen LogP contribution in [-0.4, -0.2) is 51.2 Å². The number of rotatable bonds is 3. The molecule has 2 rings (SSSR count). The number of hydrogen-bond acceptors (Lipinski definition) is 5. The van der Waals surface area contributed by atoms with Crippen LogP contribution in [0, 0.1) is 24.3 Å². The van der Waals surface area contributed by atoms with E-state index in [9.17, 15) is 13.2 Å². The summed E-state index contributed by atoms with van der Waals surface area (Å²) in [6.07, 6.45) is -0.298. The Hall–Kier alpha value is -0.740. The van der Waals surface area contributed by atoms with Crippen molar-refractivity contribution in [2.45, 2.75) is 52.9 Å². The molecular formula is C19H28ClIN2O4S. The van der Waals surface area contributed by atoms with Crippen LogP contribution in [0.5, 0.6) is 0 Å². The van der Waals surface area contributed by atoms with Gasteiger partial charge in [-0.1, -0.05) is 0 Å². The maximum absolute atomic E-state index is 12.3. The number of carbonyl (C=O) groups excluding carboxylic acids is 1. The van der Waals surface area contributed by atoms with Crippen molar-refractivity contribution in [3.05, 3.63) is 25.8 Å². The Kier molecular flexibility index (Phi) is 7.19. The van der Waals surface area contributed by atoms with Crippen LogP contribution in [0.25, 0.3) is 0 Å². The van der Waals surface area contributed by atoms with Crippen molar-refractivity contribution >= 4 is 54.1 Å². The van der Waals surface area contributed by atoms with Crippen molar-refractivity contribution in [2.24, 2.45) is 0 Å². The van der Waals surface area contributed by atoms with Gasteiger partial charge >= 0.3 is 6.09 Å². The molecule has 0 unspecified atom stereocenters. The minimum Gasteiger partial charge on any atom is -0.444 e. The van der Waals surface area contributed by atoms with Gasteiger partial charge in [0.05, 0.1) is 5.75 Å². The first-order valence-corrected chi connectivity index (χ1v) is 12.7. The fourth-order valence-electron chi connectivity index (χ4n) is 3.53. The topological polar surface area (TPSA) is 66.9 Å². The molecule has 0 bridgehead atoms. The van der Waals surface area contributed by atoms with E-state index in [4.69, 9.17) is 15.4 Å². The monoisotopic (exact) mass is 542 g/mol. The Bertz CT molecular complexity index is 873. The zero-order valence-electron chi connectivity index (χ0n) is 17.2. The zero-order chi connectivity index (χ0) is 21.4. The summed E-state index contributed by atoms with van der Waals surface area (Å²) in [5.74, 6) is -0.187. The molecule has 1 aliphatic rings. The van der Waals surface area contributed by atoms with Crippen molar-refractivity contribution in [3.63, 3.8) is 0 Å². The van der Waals surface area contributed by atoms with Gasteiger partial charge in [-0.2, -0.15) is 0 Å². The minimum absolute atomic E-state index is 0.187. The molecule has 28 heavy (non-hydrogen) atoms. The van der Waals surface area contributed by atoms with Gasteiger partial charge < -0.3 is 14.5 Å². The van der Waals surface area contributed by atoms with Crippen LogP contribution in [-0.2, 0) is 19.5 Å². The summed E-state index contributed by atoms with van der Waals surface area (Å²) in [7, 11) is 1.89. The molecule has 1 aliphatic heterocycles. The number of halogens is 2. The number of carbonyl (C=O) groups is 1. The van der Waals surface area contributed by atoms with Gasteiger partial charge in [-0.25, -0.2) is 13.2 Å². The Balaban J connectivity index is 2.29. The van der Waals surface area contributed by atoms with Crippen LogP contribution in [0.15, 0.2) is 0 Å². The van der Waals surface area contributed by atoms with Gasteiger partial charge in [0.15, 0.2) is 0 Å². The third kappa shape index (κ3) is 5.66. The molecule has 1 fully saturated rings. The third-order valence-corrected chi connectivity index (χ3v) is 7.42. The van der Waals surface area contributed by atoms with Gasteiger partial charge in [-0.3, -0.25) is 0 Å². The molecule has 0 N–H and O–H groups in total. The maximum atomic E-state index is 12.3. The smallest absolute Gasteiger partial charge is 0.410 e. The number of anilines is 1. The fourth-order valence-corrected chi connectivity index (χ4v) is 5.21. The molecule has 6 nitrogen and oxygen atoms in total. The molecule has 158 valence electrons. The Morgan fingerprint density at radius 1 is 1.07 bits per heavy atom. The number of hydrogen-bond donors (Lipinski definition) is 0. The SMILES string of the molecule is Cc1c(I)c(C)c(N2CCN(C(=O)OC(C)(C)C)CC2)c(C)c1CS(=O)(=O)Cl. The van der Waals surface area contributed by atoms with Crippen LogP contribution >= 0.6 is 33.3 Å². The predicted molar refractivity (Wildman–Crippen MR) is 122 cm³/mol. The second-order valence-corrected chi connectivity index (χ2v) is 12.0. The van der Waals surface area contributed by atoms with Gasteiger partial charge in [0.2, 0.25) is 9.05 Å². The fraction of sp³-hybridized carbons (Fsp3) is 0.632. The average Bonchev–Trinajstić information content (AvgIpc) is 2.55. The van der Waals surface area contributed by atoms with Gasteiger partial charge in [-0.05, 0) is 86.4 Å². The van der Waals surface area contributed by atoms with E-state index in [1.807, 2.05) is 34.6 Å². The molecule has 0 aromatic heterocycles. The highest BCUT2D eigenvalue weighted by Gasteiger charge is 2.29. The standard InChI is InChI=1S/C19H28ClIN2O4S/c1-12-15(11-28(20,25)26)13(2)17(14(3)16(12)21)22-7-9-23(10-8-22)18(24)27-19(4,5)6/h7-11H2,1-6H3. The van der Waals surface area contributed by atoms with Gasteiger partial charge in [-0.15, -0.1) is 0 Å². The lowest BCUT2D eigenvalue weighted by Gasteiger charge is -2.38. The molecule has 1 heterocycles. The van der Waals surface area contributed by atoms with E-state index in [1.165, 1.54) is 0 Å². The zero-order valence-corrected chi connectivity index (χ0v) is 21.0. The Labute approximate surface area is 186 Å². The highest BCUT2D eigenvalue weighted by atomic mass is 127. The molecule has 0 aliphatic carbocycles. The Morgan fingerprint density at radius 2 is 1.61 bits per heavy atom. The number of ether oxygens (including phenoxy) is 1. The first-order chi connectivity index (χ1) is 12.7. The van der Waals surface area contributed by atoms with E-state index in [1.54, 1.807) is 4.90 Å². The largest absolute Gasteiger partial charge is 0.444 e. The molecule has 1 aromatic rings. The highest BCUT2D eigenvalue weighted by Crippen LogP contribution is 2.36. The molecule has 1 saturated heterocycles. The summed E-state index contributed by atoms with van der Waals surface area (Å²) >= 11 is 2.26. The summed E-state index contributed by atoms with van der Waals surface area (Å²) in [5, 5.41) is 0. The van der Waals surface area contributed by atoms with Crippen LogP contribution < -0.4 is 4.90 Å². The number of piperazine rings is 1. The van der Waals surface area contributed by atoms with Crippen LogP contribution in [0.1, 0.15) is 43.0 Å². The molecule has 9 heteroatoms. The van der Waals surface area contributed by atoms with E-state index in [2.05, 4.69) is 34.4 Å². The molecule has 0 atom stereocenters. The van der Waals surface area contributed by atoms with E-state index >= 15 is 0 Å². The van der Waals surface area contributed by atoms with E-state index in [0.29, 0.717) is 26.2 Å². The van der Waals surface area contributed by atoms with Crippen molar-refractivity contribution in [1.29, 1.82) is 0 Å². The second-order valence-electron chi connectivity index (χ2n) is 8.15. The van der Waals surface area contributed by atoms with Crippen molar-refractivity contribution < 1.29 is 17.9 Å². The number of benzene rings is 1. The predicted octanol–water partition coefficient (Wildman–Crippen LogP) is 4.34. The van der Waals surface area contributed by atoms with Gasteiger partial charge in [0.1, 0.15) is 5.60 Å². The summed E-state index contributed by atoms with van der Waals surface area (Å²) in [6, 6.07) is 0. The van der Waals surface area contributed by atoms with E-state index < -0.39 is 14.7 Å². The van der Waals surface area contributed by atoms with E-state index in [-0.39, 0.29) is 11.8 Å². The summed E-state index contributed by atoms with van der Waals surface area (Å²) < 4.78 is 29.9. The number of nitrogens with zero attached hydrogens (tertiary/aromatic N) is 2. The summed E-state index contributed by atoms with van der Waals surface area (Å²) in [4.78, 5) is 16.2. The maximum Gasteiger partial charge on any atom is 0.410 e. The lowest BCUT2D eigenvalue weighted by molar-refractivity contribution is 0.0240. The lowest BCUT2D eigenvalue weighted by Crippen LogP contribution is -2.50. The second kappa shape index (κ2) is 8.55.